The standard InChI is InChI=1S/C17H22N4O3S/c1-12-17(13(2)24-19-12)25(22,23)21-11-20(14-7-9-18-10-8-14)15-5-3-4-6-16(15)21/h3-6,14,18H,7-11H2,1-2H3. The topological polar surface area (TPSA) is 78.7 Å². The van der Waals surface area contributed by atoms with Crippen LogP contribution in [0.15, 0.2) is 33.7 Å². The van der Waals surface area contributed by atoms with Crippen molar-refractivity contribution in [1.29, 1.82) is 0 Å². The molecule has 0 amide bonds. The predicted octanol–water partition coefficient (Wildman–Crippen LogP) is 2.02. The number of hydrogen-bond donors (Lipinski definition) is 1. The molecule has 0 aliphatic carbocycles. The normalized spacial score (nSPS) is 18.6. The van der Waals surface area contributed by atoms with Gasteiger partial charge in [-0.15, -0.1) is 0 Å². The van der Waals surface area contributed by atoms with E-state index in [-0.39, 0.29) is 4.90 Å². The van der Waals surface area contributed by atoms with Crippen LogP contribution in [0.3, 0.4) is 0 Å². The fourth-order valence-corrected chi connectivity index (χ4v) is 5.52. The maximum atomic E-state index is 13.3. The minimum atomic E-state index is -3.72. The van der Waals surface area contributed by atoms with Crippen LogP contribution in [0, 0.1) is 13.8 Å². The molecule has 1 aromatic carbocycles. The van der Waals surface area contributed by atoms with Gasteiger partial charge in [0, 0.05) is 6.04 Å². The van der Waals surface area contributed by atoms with Crippen LogP contribution in [-0.4, -0.2) is 39.4 Å². The Labute approximate surface area is 147 Å². The van der Waals surface area contributed by atoms with Crippen molar-refractivity contribution in [3.05, 3.63) is 35.7 Å². The van der Waals surface area contributed by atoms with Gasteiger partial charge in [-0.1, -0.05) is 17.3 Å². The Bertz CT molecular complexity index is 868. The number of piperidine rings is 1. The van der Waals surface area contributed by atoms with E-state index in [1.165, 1.54) is 4.31 Å². The molecule has 2 aliphatic rings. The maximum Gasteiger partial charge on any atom is 0.271 e. The van der Waals surface area contributed by atoms with Crippen molar-refractivity contribution in [2.75, 3.05) is 29.0 Å². The van der Waals surface area contributed by atoms with Crippen LogP contribution < -0.4 is 14.5 Å². The monoisotopic (exact) mass is 362 g/mol. The number of para-hydroxylation sites is 2. The van der Waals surface area contributed by atoms with Gasteiger partial charge in [0.05, 0.1) is 11.4 Å². The number of sulfonamides is 1. The van der Waals surface area contributed by atoms with Crippen molar-refractivity contribution in [2.24, 2.45) is 0 Å². The second-order valence-electron chi connectivity index (χ2n) is 6.59. The molecule has 2 aromatic rings. The highest BCUT2D eigenvalue weighted by Gasteiger charge is 2.40. The Morgan fingerprint density at radius 1 is 1.16 bits per heavy atom. The van der Waals surface area contributed by atoms with E-state index in [1.807, 2.05) is 24.3 Å². The maximum absolute atomic E-state index is 13.3. The molecule has 0 saturated carbocycles. The van der Waals surface area contributed by atoms with Crippen LogP contribution in [0.25, 0.3) is 0 Å². The molecular weight excluding hydrogens is 340 g/mol. The molecule has 2 aliphatic heterocycles. The third-order valence-electron chi connectivity index (χ3n) is 5.01. The summed E-state index contributed by atoms with van der Waals surface area (Å²) >= 11 is 0. The molecule has 0 atom stereocenters. The van der Waals surface area contributed by atoms with Crippen LogP contribution in [0.1, 0.15) is 24.3 Å². The Hall–Kier alpha value is -2.06. The van der Waals surface area contributed by atoms with Crippen LogP contribution in [0.4, 0.5) is 11.4 Å². The molecule has 4 rings (SSSR count). The first-order valence-corrected chi connectivity index (χ1v) is 9.96. The number of nitrogens with one attached hydrogen (secondary N) is 1. The highest BCUT2D eigenvalue weighted by atomic mass is 32.2. The van der Waals surface area contributed by atoms with Gasteiger partial charge in [0.1, 0.15) is 12.4 Å². The largest absolute Gasteiger partial charge is 0.360 e. The molecule has 0 bridgehead atoms. The molecule has 25 heavy (non-hydrogen) atoms. The van der Waals surface area contributed by atoms with Gasteiger partial charge in [0.2, 0.25) is 0 Å². The zero-order valence-electron chi connectivity index (χ0n) is 14.4. The van der Waals surface area contributed by atoms with Gasteiger partial charge in [-0.2, -0.15) is 0 Å². The number of rotatable bonds is 3. The number of fused-ring (bicyclic) bond motifs is 1. The number of hydrogen-bond acceptors (Lipinski definition) is 6. The van der Waals surface area contributed by atoms with Gasteiger partial charge in [-0.3, -0.25) is 0 Å². The second kappa shape index (κ2) is 6.03. The first kappa shape index (κ1) is 16.4. The van der Waals surface area contributed by atoms with Crippen molar-refractivity contribution >= 4 is 21.4 Å². The van der Waals surface area contributed by atoms with Crippen molar-refractivity contribution in [1.82, 2.24) is 10.5 Å². The average Bonchev–Trinajstić information content (AvgIpc) is 3.17. The van der Waals surface area contributed by atoms with Crippen molar-refractivity contribution in [2.45, 2.75) is 37.6 Å². The van der Waals surface area contributed by atoms with E-state index in [0.717, 1.165) is 37.3 Å². The zero-order chi connectivity index (χ0) is 17.6. The first-order chi connectivity index (χ1) is 12.0. The lowest BCUT2D eigenvalue weighted by atomic mass is 10.0. The van der Waals surface area contributed by atoms with E-state index < -0.39 is 10.0 Å². The molecule has 0 unspecified atom stereocenters. The molecule has 134 valence electrons. The molecule has 3 heterocycles. The third kappa shape index (κ3) is 2.60. The summed E-state index contributed by atoms with van der Waals surface area (Å²) in [5.74, 6) is 0.329. The SMILES string of the molecule is Cc1noc(C)c1S(=O)(=O)N1CN(C2CCNCC2)c2ccccc21. The van der Waals surface area contributed by atoms with Crippen LogP contribution in [0.5, 0.6) is 0 Å². The smallest absolute Gasteiger partial charge is 0.271 e. The molecule has 1 N–H and O–H groups in total. The van der Waals surface area contributed by atoms with Gasteiger partial charge >= 0.3 is 0 Å². The summed E-state index contributed by atoms with van der Waals surface area (Å²) < 4.78 is 33.2. The minimum Gasteiger partial charge on any atom is -0.360 e. The van der Waals surface area contributed by atoms with Gasteiger partial charge in [0.25, 0.3) is 10.0 Å². The van der Waals surface area contributed by atoms with E-state index in [4.69, 9.17) is 4.52 Å². The van der Waals surface area contributed by atoms with Crippen LogP contribution >= 0.6 is 0 Å². The molecule has 7 nitrogen and oxygen atoms in total. The number of aryl methyl sites for hydroxylation is 2. The lowest BCUT2D eigenvalue weighted by Gasteiger charge is -2.33. The molecule has 0 radical (unpaired) electrons. The Kier molecular flexibility index (Phi) is 3.96. The number of aromatic nitrogens is 1. The van der Waals surface area contributed by atoms with E-state index in [2.05, 4.69) is 15.4 Å². The van der Waals surface area contributed by atoms with Gasteiger partial charge < -0.3 is 14.7 Å². The summed E-state index contributed by atoms with van der Waals surface area (Å²) in [4.78, 5) is 2.39. The predicted molar refractivity (Wildman–Crippen MR) is 95.3 cm³/mol. The Balaban J connectivity index is 1.76. The molecule has 1 saturated heterocycles. The van der Waals surface area contributed by atoms with Gasteiger partial charge in [-0.25, -0.2) is 12.7 Å². The van der Waals surface area contributed by atoms with Crippen LogP contribution in [-0.2, 0) is 10.0 Å². The van der Waals surface area contributed by atoms with Gasteiger partial charge in [-0.05, 0) is 51.9 Å². The van der Waals surface area contributed by atoms with E-state index >= 15 is 0 Å². The van der Waals surface area contributed by atoms with Crippen molar-refractivity contribution < 1.29 is 12.9 Å². The zero-order valence-corrected chi connectivity index (χ0v) is 15.2. The average molecular weight is 362 g/mol. The van der Waals surface area contributed by atoms with Crippen LogP contribution in [0.2, 0.25) is 0 Å². The fraction of sp³-hybridized carbons (Fsp3) is 0.471. The summed E-state index contributed by atoms with van der Waals surface area (Å²) in [7, 11) is -3.72. The second-order valence-corrected chi connectivity index (χ2v) is 8.39. The van der Waals surface area contributed by atoms with E-state index in [9.17, 15) is 8.42 Å². The summed E-state index contributed by atoms with van der Waals surface area (Å²) in [5, 5.41) is 7.18. The molecular formula is C17H22N4O3S. The van der Waals surface area contributed by atoms with Gasteiger partial charge in [0.15, 0.2) is 10.7 Å². The molecule has 8 heteroatoms. The third-order valence-corrected chi connectivity index (χ3v) is 7.00. The Morgan fingerprint density at radius 3 is 2.48 bits per heavy atom. The number of benzene rings is 1. The number of nitrogens with zero attached hydrogens (tertiary/aromatic N) is 3. The van der Waals surface area contributed by atoms with E-state index in [1.54, 1.807) is 13.8 Å². The highest BCUT2D eigenvalue weighted by molar-refractivity contribution is 7.93. The quantitative estimate of drug-likeness (QED) is 0.900. The summed E-state index contributed by atoms with van der Waals surface area (Å²) in [6.45, 7) is 5.55. The van der Waals surface area contributed by atoms with Crippen molar-refractivity contribution in [3.8, 4) is 0 Å². The first-order valence-electron chi connectivity index (χ1n) is 8.52. The fourth-order valence-electron chi connectivity index (χ4n) is 3.80. The number of anilines is 2. The Morgan fingerprint density at radius 2 is 1.84 bits per heavy atom. The molecule has 0 spiro atoms. The summed E-state index contributed by atoms with van der Waals surface area (Å²) in [6.07, 6.45) is 2.01. The molecule has 1 fully saturated rings. The summed E-state index contributed by atoms with van der Waals surface area (Å²) in [5.41, 5.74) is 2.10. The van der Waals surface area contributed by atoms with Crippen molar-refractivity contribution in [3.63, 3.8) is 0 Å². The summed E-state index contributed by atoms with van der Waals surface area (Å²) in [6, 6.07) is 8.04. The lowest BCUT2D eigenvalue weighted by Crippen LogP contribution is -2.45. The minimum absolute atomic E-state index is 0.175. The van der Waals surface area contributed by atoms with E-state index in [0.29, 0.717) is 24.2 Å². The lowest BCUT2D eigenvalue weighted by molar-refractivity contribution is 0.390. The molecule has 1 aromatic heterocycles. The highest BCUT2D eigenvalue weighted by Crippen LogP contribution is 2.41.